The van der Waals surface area contributed by atoms with E-state index in [0.717, 1.165) is 35.4 Å². The van der Waals surface area contributed by atoms with Crippen molar-refractivity contribution in [2.45, 2.75) is 44.6 Å². The molecule has 5 nitrogen and oxygen atoms in total. The van der Waals surface area contributed by atoms with Crippen LogP contribution in [-0.2, 0) is 4.79 Å². The second kappa shape index (κ2) is 7.85. The van der Waals surface area contributed by atoms with Crippen LogP contribution in [0.3, 0.4) is 0 Å². The van der Waals surface area contributed by atoms with E-state index < -0.39 is 5.54 Å². The normalized spacial score (nSPS) is 20.4. The summed E-state index contributed by atoms with van der Waals surface area (Å²) >= 11 is 1.53. The zero-order chi connectivity index (χ0) is 16.4. The van der Waals surface area contributed by atoms with E-state index in [0.29, 0.717) is 26.2 Å². The highest BCUT2D eigenvalue weighted by molar-refractivity contribution is 7.13. The molecule has 0 bridgehead atoms. The highest BCUT2D eigenvalue weighted by Crippen LogP contribution is 2.28. The van der Waals surface area contributed by atoms with Crippen LogP contribution in [0.1, 0.15) is 46.7 Å². The summed E-state index contributed by atoms with van der Waals surface area (Å²) in [7, 11) is 0. The van der Waals surface area contributed by atoms with Crippen molar-refractivity contribution in [3.8, 4) is 0 Å². The van der Waals surface area contributed by atoms with Crippen molar-refractivity contribution in [1.82, 2.24) is 9.80 Å². The first-order chi connectivity index (χ1) is 11.0. The number of piperazine rings is 1. The number of thiophene rings is 1. The standard InChI is InChI=1S/C17H25N3O2S.ClH/c1-13-5-6-14(23-13)15(21)19-9-11-20(12-10-19)16(22)17(18)7-3-2-4-8-17;/h5-6H,2-4,7-12,18H2,1H3;1H. The highest BCUT2D eigenvalue weighted by Gasteiger charge is 2.39. The van der Waals surface area contributed by atoms with Crippen LogP contribution in [0.5, 0.6) is 0 Å². The van der Waals surface area contributed by atoms with Crippen LogP contribution in [0.2, 0.25) is 0 Å². The largest absolute Gasteiger partial charge is 0.338 e. The molecular weight excluding hydrogens is 346 g/mol. The van der Waals surface area contributed by atoms with E-state index in [1.807, 2.05) is 28.9 Å². The van der Waals surface area contributed by atoms with Crippen LogP contribution in [0, 0.1) is 6.92 Å². The van der Waals surface area contributed by atoms with Gasteiger partial charge in [0.1, 0.15) is 0 Å². The SMILES string of the molecule is Cc1ccc(C(=O)N2CCN(C(=O)C3(N)CCCCC3)CC2)s1.Cl. The number of hydrogen-bond donors (Lipinski definition) is 1. The van der Waals surface area contributed by atoms with E-state index in [9.17, 15) is 9.59 Å². The van der Waals surface area contributed by atoms with Crippen LogP contribution in [0.25, 0.3) is 0 Å². The summed E-state index contributed by atoms with van der Waals surface area (Å²) < 4.78 is 0. The zero-order valence-corrected chi connectivity index (χ0v) is 15.8. The Morgan fingerprint density at radius 3 is 2.17 bits per heavy atom. The molecule has 0 atom stereocenters. The molecule has 134 valence electrons. The van der Waals surface area contributed by atoms with Gasteiger partial charge in [-0.1, -0.05) is 19.3 Å². The smallest absolute Gasteiger partial charge is 0.264 e. The van der Waals surface area contributed by atoms with Crippen LogP contribution < -0.4 is 5.73 Å². The lowest BCUT2D eigenvalue weighted by Gasteiger charge is -2.41. The minimum absolute atomic E-state index is 0. The summed E-state index contributed by atoms with van der Waals surface area (Å²) in [4.78, 5) is 30.8. The first kappa shape index (κ1) is 19.2. The fraction of sp³-hybridized carbons (Fsp3) is 0.647. The molecule has 1 aromatic heterocycles. The second-order valence-corrected chi connectivity index (χ2v) is 8.00. The maximum atomic E-state index is 12.7. The van der Waals surface area contributed by atoms with Crippen molar-refractivity contribution in [2.24, 2.45) is 5.73 Å². The molecule has 1 saturated carbocycles. The molecule has 1 saturated heterocycles. The number of amides is 2. The number of nitrogens with two attached hydrogens (primary N) is 1. The van der Waals surface area contributed by atoms with Gasteiger partial charge in [0, 0.05) is 31.1 Å². The fourth-order valence-electron chi connectivity index (χ4n) is 3.53. The molecule has 1 aromatic rings. The molecule has 24 heavy (non-hydrogen) atoms. The van der Waals surface area contributed by atoms with Crippen molar-refractivity contribution in [3.63, 3.8) is 0 Å². The molecule has 1 aliphatic heterocycles. The lowest BCUT2D eigenvalue weighted by molar-refractivity contribution is -0.139. The Bertz CT molecular complexity index is 590. The Morgan fingerprint density at radius 1 is 1.04 bits per heavy atom. The van der Waals surface area contributed by atoms with E-state index >= 15 is 0 Å². The molecule has 0 unspecified atom stereocenters. The maximum Gasteiger partial charge on any atom is 0.264 e. The van der Waals surface area contributed by atoms with Crippen molar-refractivity contribution >= 4 is 35.6 Å². The number of rotatable bonds is 2. The van der Waals surface area contributed by atoms with Gasteiger partial charge in [-0.05, 0) is 31.9 Å². The van der Waals surface area contributed by atoms with Gasteiger partial charge in [-0.2, -0.15) is 0 Å². The van der Waals surface area contributed by atoms with E-state index in [1.54, 1.807) is 0 Å². The Labute approximate surface area is 153 Å². The van der Waals surface area contributed by atoms with Gasteiger partial charge in [0.2, 0.25) is 5.91 Å². The van der Waals surface area contributed by atoms with Gasteiger partial charge in [0.15, 0.2) is 0 Å². The maximum absolute atomic E-state index is 12.7. The van der Waals surface area contributed by atoms with E-state index in [-0.39, 0.29) is 24.2 Å². The molecule has 0 aromatic carbocycles. The molecule has 1 aliphatic carbocycles. The molecule has 0 spiro atoms. The predicted octanol–water partition coefficient (Wildman–Crippen LogP) is 2.42. The first-order valence-corrected chi connectivity index (χ1v) is 9.25. The number of hydrogen-bond acceptors (Lipinski definition) is 4. The van der Waals surface area contributed by atoms with E-state index in [1.165, 1.54) is 17.8 Å². The lowest BCUT2D eigenvalue weighted by atomic mass is 9.81. The van der Waals surface area contributed by atoms with E-state index in [2.05, 4.69) is 0 Å². The average Bonchev–Trinajstić information content (AvgIpc) is 3.01. The topological polar surface area (TPSA) is 66.6 Å². The summed E-state index contributed by atoms with van der Waals surface area (Å²) in [5.74, 6) is 0.159. The predicted molar refractivity (Wildman–Crippen MR) is 98.8 cm³/mol. The summed E-state index contributed by atoms with van der Waals surface area (Å²) in [6, 6.07) is 3.86. The summed E-state index contributed by atoms with van der Waals surface area (Å²) in [5, 5.41) is 0. The van der Waals surface area contributed by atoms with E-state index in [4.69, 9.17) is 5.73 Å². The number of carbonyl (C=O) groups is 2. The Balaban J connectivity index is 0.00000208. The molecule has 7 heteroatoms. The zero-order valence-electron chi connectivity index (χ0n) is 14.1. The molecule has 0 radical (unpaired) electrons. The van der Waals surface area contributed by atoms with Crippen LogP contribution >= 0.6 is 23.7 Å². The summed E-state index contributed by atoms with van der Waals surface area (Å²) in [6.45, 7) is 4.37. The highest BCUT2D eigenvalue weighted by atomic mass is 35.5. The second-order valence-electron chi connectivity index (χ2n) is 6.71. The van der Waals surface area contributed by atoms with Gasteiger partial charge in [-0.15, -0.1) is 23.7 Å². The molecule has 2 aliphatic rings. The fourth-order valence-corrected chi connectivity index (χ4v) is 4.36. The monoisotopic (exact) mass is 371 g/mol. The van der Waals surface area contributed by atoms with Crippen molar-refractivity contribution in [2.75, 3.05) is 26.2 Å². The molecular formula is C17H26ClN3O2S. The summed E-state index contributed by atoms with van der Waals surface area (Å²) in [6.07, 6.45) is 4.84. The van der Waals surface area contributed by atoms with Gasteiger partial charge in [-0.3, -0.25) is 9.59 Å². The number of nitrogens with zero attached hydrogens (tertiary/aromatic N) is 2. The third-order valence-corrected chi connectivity index (χ3v) is 5.97. The number of carbonyl (C=O) groups excluding carboxylic acids is 2. The van der Waals surface area contributed by atoms with Crippen molar-refractivity contribution < 1.29 is 9.59 Å². The van der Waals surface area contributed by atoms with Crippen molar-refractivity contribution in [1.29, 1.82) is 0 Å². The van der Waals surface area contributed by atoms with Gasteiger partial charge in [0.05, 0.1) is 10.4 Å². The minimum atomic E-state index is -0.671. The third-order valence-electron chi connectivity index (χ3n) is 4.98. The van der Waals surface area contributed by atoms with Crippen LogP contribution in [0.15, 0.2) is 12.1 Å². The van der Waals surface area contributed by atoms with Gasteiger partial charge >= 0.3 is 0 Å². The van der Waals surface area contributed by atoms with Gasteiger partial charge in [-0.25, -0.2) is 0 Å². The average molecular weight is 372 g/mol. The number of halogens is 1. The third kappa shape index (κ3) is 3.92. The summed E-state index contributed by atoms with van der Waals surface area (Å²) in [5.41, 5.74) is 5.68. The Hall–Kier alpha value is -1.11. The minimum Gasteiger partial charge on any atom is -0.338 e. The quantitative estimate of drug-likeness (QED) is 0.868. The van der Waals surface area contributed by atoms with Gasteiger partial charge in [0.25, 0.3) is 5.91 Å². The first-order valence-electron chi connectivity index (χ1n) is 8.44. The van der Waals surface area contributed by atoms with Crippen LogP contribution in [-0.4, -0.2) is 53.3 Å². The molecule has 2 fully saturated rings. The lowest BCUT2D eigenvalue weighted by Crippen LogP contribution is -2.60. The molecule has 2 N–H and O–H groups in total. The Morgan fingerprint density at radius 2 is 1.62 bits per heavy atom. The molecule has 2 heterocycles. The van der Waals surface area contributed by atoms with Gasteiger partial charge < -0.3 is 15.5 Å². The number of aryl methyl sites for hydroxylation is 1. The van der Waals surface area contributed by atoms with Crippen molar-refractivity contribution in [3.05, 3.63) is 21.9 Å². The Kier molecular flexibility index (Phi) is 6.28. The molecule has 3 rings (SSSR count). The van der Waals surface area contributed by atoms with Crippen LogP contribution in [0.4, 0.5) is 0 Å². The molecule has 2 amide bonds.